The third-order valence-corrected chi connectivity index (χ3v) is 9.62. The number of pyridine rings is 3. The van der Waals surface area contributed by atoms with Gasteiger partial charge in [-0.1, -0.05) is 20.8 Å². The van der Waals surface area contributed by atoms with E-state index in [1.54, 1.807) is 31.5 Å². The lowest BCUT2D eigenvalue weighted by Crippen LogP contribution is -2.39. The quantitative estimate of drug-likeness (QED) is 0.320. The summed E-state index contributed by atoms with van der Waals surface area (Å²) in [6.45, 7) is 13.2. The molecule has 1 aliphatic rings. The van der Waals surface area contributed by atoms with Crippen LogP contribution in [-0.4, -0.2) is 52.5 Å². The molecule has 4 rings (SSSR count). The number of nitrogens with zero attached hydrogens (tertiary/aromatic N) is 3. The van der Waals surface area contributed by atoms with Crippen LogP contribution in [0.15, 0.2) is 30.6 Å². The highest BCUT2D eigenvalue weighted by Crippen LogP contribution is 2.38. The van der Waals surface area contributed by atoms with Crippen molar-refractivity contribution in [3.8, 4) is 5.88 Å². The smallest absolute Gasteiger partial charge is 0.340 e. The predicted octanol–water partition coefficient (Wildman–Crippen LogP) is 5.00. The van der Waals surface area contributed by atoms with Crippen LogP contribution < -0.4 is 15.8 Å². The number of rotatable bonds is 10. The van der Waals surface area contributed by atoms with Crippen molar-refractivity contribution in [3.05, 3.63) is 47.4 Å². The van der Waals surface area contributed by atoms with Crippen molar-refractivity contribution >= 4 is 38.2 Å². The molecule has 0 bridgehead atoms. The zero-order chi connectivity index (χ0) is 29.5. The summed E-state index contributed by atoms with van der Waals surface area (Å²) in [4.78, 5) is 26.4. The van der Waals surface area contributed by atoms with Gasteiger partial charge in [0.15, 0.2) is 0 Å². The molecular weight excluding hydrogens is 530 g/mol. The number of cyclic esters (lactones) is 1. The van der Waals surface area contributed by atoms with Crippen LogP contribution in [0.1, 0.15) is 88.8 Å². The van der Waals surface area contributed by atoms with Gasteiger partial charge in [-0.15, -0.1) is 0 Å². The van der Waals surface area contributed by atoms with E-state index in [-0.39, 0.29) is 29.5 Å². The maximum atomic E-state index is 12.5. The lowest BCUT2D eigenvalue weighted by Gasteiger charge is -2.36. The third kappa shape index (κ3) is 6.05. The van der Waals surface area contributed by atoms with Gasteiger partial charge >= 0.3 is 5.97 Å². The van der Waals surface area contributed by atoms with Crippen LogP contribution >= 0.6 is 0 Å². The molecule has 1 aliphatic heterocycles. The zero-order valence-corrected chi connectivity index (χ0v) is 25.1. The Bertz CT molecular complexity index is 1540. The molecule has 0 saturated carbocycles. The number of nitrogens with one attached hydrogen (secondary N) is 1. The molecule has 216 valence electrons. The number of carbonyl (C=O) groups is 1. The number of ether oxygens (including phenoxy) is 2. The van der Waals surface area contributed by atoms with Gasteiger partial charge in [0.25, 0.3) is 0 Å². The molecule has 10 nitrogen and oxygen atoms in total. The summed E-state index contributed by atoms with van der Waals surface area (Å²) in [6, 6.07) is 5.33. The molecule has 0 fully saturated rings. The first-order chi connectivity index (χ1) is 18.7. The first kappa shape index (κ1) is 29.7. The molecule has 3 N–H and O–H groups in total. The topological polar surface area (TPSA) is 146 Å². The number of aromatic nitrogens is 3. The highest BCUT2D eigenvalue weighted by Gasteiger charge is 2.40. The normalized spacial score (nSPS) is 18.9. The van der Waals surface area contributed by atoms with E-state index in [4.69, 9.17) is 20.2 Å². The summed E-state index contributed by atoms with van der Waals surface area (Å²) in [6.07, 6.45) is 4.05. The van der Waals surface area contributed by atoms with E-state index < -0.39 is 21.0 Å². The monoisotopic (exact) mass is 569 g/mol. The average molecular weight is 570 g/mol. The summed E-state index contributed by atoms with van der Waals surface area (Å²) in [7, 11) is -3.10. The Morgan fingerprint density at radius 1 is 1.18 bits per heavy atom. The van der Waals surface area contributed by atoms with Crippen LogP contribution in [0.25, 0.3) is 10.8 Å². The minimum atomic E-state index is -3.10. The lowest BCUT2D eigenvalue weighted by molar-refractivity contribution is -0.0189. The van der Waals surface area contributed by atoms with E-state index in [1.165, 1.54) is 0 Å². The fraction of sp³-hybridized carbons (Fsp3) is 0.517. The molecule has 0 amide bonds. The molecule has 11 heteroatoms. The summed E-state index contributed by atoms with van der Waals surface area (Å²) in [5.41, 5.74) is 7.29. The molecule has 1 unspecified atom stereocenters. The number of esters is 1. The van der Waals surface area contributed by atoms with Crippen molar-refractivity contribution in [1.82, 2.24) is 15.0 Å². The Morgan fingerprint density at radius 2 is 1.90 bits per heavy atom. The number of sulfone groups is 1. The van der Waals surface area contributed by atoms with Crippen molar-refractivity contribution in [2.45, 2.75) is 84.5 Å². The summed E-state index contributed by atoms with van der Waals surface area (Å²) < 4.78 is 35.6. The van der Waals surface area contributed by atoms with E-state index in [0.29, 0.717) is 47.0 Å². The highest BCUT2D eigenvalue weighted by atomic mass is 32.2. The molecule has 3 aromatic heterocycles. The Balaban J connectivity index is 1.69. The van der Waals surface area contributed by atoms with Gasteiger partial charge < -0.3 is 20.5 Å². The third-order valence-electron chi connectivity index (χ3n) is 7.88. The largest absolute Gasteiger partial charge is 0.474 e. The first-order valence-corrected chi connectivity index (χ1v) is 15.5. The van der Waals surface area contributed by atoms with Crippen LogP contribution in [0.3, 0.4) is 0 Å². The second kappa shape index (κ2) is 10.9. The van der Waals surface area contributed by atoms with Crippen molar-refractivity contribution in [1.29, 1.82) is 0 Å². The van der Waals surface area contributed by atoms with E-state index >= 15 is 0 Å². The van der Waals surface area contributed by atoms with Gasteiger partial charge in [-0.2, -0.15) is 0 Å². The molecule has 4 heterocycles. The van der Waals surface area contributed by atoms with Gasteiger partial charge in [0.2, 0.25) is 5.88 Å². The zero-order valence-electron chi connectivity index (χ0n) is 24.2. The average Bonchev–Trinajstić information content (AvgIpc) is 2.90. The van der Waals surface area contributed by atoms with Gasteiger partial charge in [0.1, 0.15) is 27.1 Å². The number of hydrogen-bond donors (Lipinski definition) is 2. The summed E-state index contributed by atoms with van der Waals surface area (Å²) in [5, 5.41) is 4.76. The maximum absolute atomic E-state index is 12.5. The van der Waals surface area contributed by atoms with E-state index in [9.17, 15) is 13.2 Å². The second-order valence-corrected chi connectivity index (χ2v) is 13.8. The maximum Gasteiger partial charge on any atom is 0.340 e. The molecule has 40 heavy (non-hydrogen) atoms. The standard InChI is InChI=1S/C29H39N5O5S/c1-8-29(7,30)22-16-32-26(38-17(3)12-13-40(36,37)9-2)21-15-31-24(14-20(21)22)33-23-11-10-19-25(34-23)18(4)28(5,6)39-27(19)35/h10-11,14-18H,8-9,12-13,30H2,1-7H3,(H,31,33,34)/t17-,18-,29?/m1/s1. The Kier molecular flexibility index (Phi) is 8.11. The van der Waals surface area contributed by atoms with Crippen molar-refractivity contribution in [3.63, 3.8) is 0 Å². The predicted molar refractivity (Wildman–Crippen MR) is 156 cm³/mol. The van der Waals surface area contributed by atoms with Crippen molar-refractivity contribution in [2.75, 3.05) is 16.8 Å². The highest BCUT2D eigenvalue weighted by molar-refractivity contribution is 7.91. The molecule has 0 spiro atoms. The Morgan fingerprint density at radius 3 is 2.58 bits per heavy atom. The van der Waals surface area contributed by atoms with Gasteiger partial charge in [0, 0.05) is 29.6 Å². The molecule has 3 aromatic rings. The summed E-state index contributed by atoms with van der Waals surface area (Å²) in [5.74, 6) is 1.12. The van der Waals surface area contributed by atoms with Gasteiger partial charge in [-0.3, -0.25) is 0 Å². The van der Waals surface area contributed by atoms with Crippen LogP contribution in [0.5, 0.6) is 5.88 Å². The minimum absolute atomic E-state index is 0.0466. The van der Waals surface area contributed by atoms with E-state index in [0.717, 1.165) is 10.9 Å². The summed E-state index contributed by atoms with van der Waals surface area (Å²) >= 11 is 0. The van der Waals surface area contributed by atoms with Crippen LogP contribution in [0.2, 0.25) is 0 Å². The number of carbonyl (C=O) groups excluding carboxylic acids is 1. The molecular formula is C29H39N5O5S. The van der Waals surface area contributed by atoms with Crippen LogP contribution in [-0.2, 0) is 20.1 Å². The number of nitrogens with two attached hydrogens (primary N) is 1. The van der Waals surface area contributed by atoms with Gasteiger partial charge in [0.05, 0.1) is 28.5 Å². The van der Waals surface area contributed by atoms with Gasteiger partial charge in [-0.25, -0.2) is 28.2 Å². The van der Waals surface area contributed by atoms with E-state index in [2.05, 4.69) is 15.3 Å². The Labute approximate surface area is 236 Å². The number of anilines is 2. The molecule has 3 atom stereocenters. The van der Waals surface area contributed by atoms with Crippen LogP contribution in [0.4, 0.5) is 11.6 Å². The minimum Gasteiger partial charge on any atom is -0.474 e. The Hall–Kier alpha value is -3.31. The number of fused-ring (bicyclic) bond motifs is 2. The molecule has 0 radical (unpaired) electrons. The van der Waals surface area contributed by atoms with Crippen molar-refractivity contribution in [2.24, 2.45) is 5.73 Å². The fourth-order valence-electron chi connectivity index (χ4n) is 4.55. The molecule has 0 aromatic carbocycles. The molecule has 0 saturated heterocycles. The molecule has 0 aliphatic carbocycles. The SMILES string of the molecule is CCC(C)(N)c1cnc(O[C@H](C)CCS(=O)(=O)CC)c2cnc(Nc3ccc4c(n3)[C@@H](C)C(C)(C)OC4=O)cc12. The van der Waals surface area contributed by atoms with Gasteiger partial charge in [-0.05, 0) is 69.7 Å². The lowest BCUT2D eigenvalue weighted by atomic mass is 9.84. The fourth-order valence-corrected chi connectivity index (χ4v) is 5.53. The second-order valence-electron chi connectivity index (χ2n) is 11.3. The first-order valence-electron chi connectivity index (χ1n) is 13.6. The number of hydrogen-bond acceptors (Lipinski definition) is 10. The van der Waals surface area contributed by atoms with Crippen LogP contribution in [0, 0.1) is 0 Å². The van der Waals surface area contributed by atoms with E-state index in [1.807, 2.05) is 47.6 Å². The van der Waals surface area contributed by atoms with Crippen molar-refractivity contribution < 1.29 is 22.7 Å².